The highest BCUT2D eigenvalue weighted by atomic mass is 35.5. The first kappa shape index (κ1) is 12.1. The van der Waals surface area contributed by atoms with E-state index in [9.17, 15) is 0 Å². The number of allylic oxidation sites excluding steroid dienone is 5. The minimum atomic E-state index is 0.714. The van der Waals surface area contributed by atoms with E-state index in [1.165, 1.54) is 12.0 Å². The Morgan fingerprint density at radius 3 is 3.00 bits per heavy atom. The number of rotatable bonds is 2. The third-order valence-corrected chi connectivity index (χ3v) is 2.77. The number of hydrogen-bond acceptors (Lipinski definition) is 1. The third-order valence-electron chi connectivity index (χ3n) is 2.35. The monoisotopic (exact) mass is 221 g/mol. The van der Waals surface area contributed by atoms with Gasteiger partial charge in [-0.1, -0.05) is 29.2 Å². The molecule has 0 amide bonds. The predicted molar refractivity (Wildman–Crippen MR) is 66.7 cm³/mol. The van der Waals surface area contributed by atoms with Crippen LogP contribution in [-0.4, -0.2) is 13.1 Å². The molecule has 0 aromatic heterocycles. The van der Waals surface area contributed by atoms with Crippen LogP contribution < -0.4 is 5.32 Å². The minimum absolute atomic E-state index is 0.714. The Morgan fingerprint density at radius 2 is 2.40 bits per heavy atom. The first-order valence-electron chi connectivity index (χ1n) is 5.13. The quantitative estimate of drug-likeness (QED) is 0.559. The number of nitrogens with one attached hydrogen (secondary N) is 1. The fourth-order valence-electron chi connectivity index (χ4n) is 1.44. The Balaban J connectivity index is 2.63. The molecule has 1 rings (SSSR count). The van der Waals surface area contributed by atoms with Crippen LogP contribution in [0, 0.1) is 12.3 Å². The molecule has 1 saturated heterocycles. The highest BCUT2D eigenvalue weighted by molar-refractivity contribution is 6.32. The molecule has 2 heteroatoms. The first-order chi connectivity index (χ1) is 7.24. The van der Waals surface area contributed by atoms with E-state index in [4.69, 9.17) is 18.0 Å². The molecule has 0 aliphatic carbocycles. The molecule has 0 unspecified atom stereocenters. The molecule has 1 aliphatic heterocycles. The fraction of sp³-hybridized carbons (Fsp3) is 0.385. The summed E-state index contributed by atoms with van der Waals surface area (Å²) in [6.07, 6.45) is 13.2. The van der Waals surface area contributed by atoms with Crippen molar-refractivity contribution in [3.63, 3.8) is 0 Å². The highest BCUT2D eigenvalue weighted by Gasteiger charge is 2.02. The van der Waals surface area contributed by atoms with Crippen molar-refractivity contribution in [3.8, 4) is 12.3 Å². The summed E-state index contributed by atoms with van der Waals surface area (Å²) in [4.78, 5) is 0. The van der Waals surface area contributed by atoms with Gasteiger partial charge in [0.15, 0.2) is 0 Å². The lowest BCUT2D eigenvalue weighted by Gasteiger charge is -2.14. The van der Waals surface area contributed by atoms with Gasteiger partial charge in [-0.05, 0) is 44.0 Å². The molecule has 15 heavy (non-hydrogen) atoms. The molecule has 0 aromatic rings. The zero-order valence-corrected chi connectivity index (χ0v) is 9.77. The molecule has 0 aromatic carbocycles. The van der Waals surface area contributed by atoms with Crippen LogP contribution in [0.15, 0.2) is 34.4 Å². The molecule has 80 valence electrons. The Hall–Kier alpha value is -0.970. The first-order valence-corrected chi connectivity index (χ1v) is 5.51. The molecule has 1 fully saturated rings. The Kier molecular flexibility index (Phi) is 5.25. The van der Waals surface area contributed by atoms with E-state index >= 15 is 0 Å². The molecule has 1 nitrogen and oxygen atoms in total. The Bertz CT molecular complexity index is 334. The van der Waals surface area contributed by atoms with Crippen LogP contribution in [0.2, 0.25) is 0 Å². The number of halogens is 1. The zero-order chi connectivity index (χ0) is 11.1. The summed E-state index contributed by atoms with van der Waals surface area (Å²) in [5.74, 6) is 2.47. The second kappa shape index (κ2) is 6.50. The normalized spacial score (nSPS) is 21.5. The second-order valence-corrected chi connectivity index (χ2v) is 4.02. The maximum atomic E-state index is 6.06. The second-order valence-electron chi connectivity index (χ2n) is 3.61. The maximum absolute atomic E-state index is 6.06. The average molecular weight is 222 g/mol. The van der Waals surface area contributed by atoms with Gasteiger partial charge in [0, 0.05) is 11.6 Å². The van der Waals surface area contributed by atoms with E-state index in [-0.39, 0.29) is 0 Å². The van der Waals surface area contributed by atoms with Crippen LogP contribution in [0.3, 0.4) is 0 Å². The number of hydrogen-bond donors (Lipinski definition) is 1. The van der Waals surface area contributed by atoms with Crippen LogP contribution in [0.5, 0.6) is 0 Å². The van der Waals surface area contributed by atoms with Gasteiger partial charge in [-0.3, -0.25) is 0 Å². The SMILES string of the molecule is C#C\C=C(C)/C(Cl)=C\C=C1\CCCNC1. The van der Waals surface area contributed by atoms with Crippen LogP contribution in [0.1, 0.15) is 19.8 Å². The van der Waals surface area contributed by atoms with Crippen molar-refractivity contribution in [2.45, 2.75) is 19.8 Å². The van der Waals surface area contributed by atoms with Crippen molar-refractivity contribution < 1.29 is 0 Å². The largest absolute Gasteiger partial charge is 0.313 e. The molecule has 1 N–H and O–H groups in total. The number of piperidine rings is 1. The molecule has 0 bridgehead atoms. The fourth-order valence-corrected chi connectivity index (χ4v) is 1.55. The van der Waals surface area contributed by atoms with Crippen LogP contribution >= 0.6 is 11.6 Å². The van der Waals surface area contributed by atoms with Crippen LogP contribution in [0.25, 0.3) is 0 Å². The van der Waals surface area contributed by atoms with E-state index in [0.29, 0.717) is 5.03 Å². The Labute approximate surface area is 96.9 Å². The van der Waals surface area contributed by atoms with Gasteiger partial charge in [-0.2, -0.15) is 0 Å². The van der Waals surface area contributed by atoms with Crippen molar-refractivity contribution in [1.82, 2.24) is 5.32 Å². The summed E-state index contributed by atoms with van der Waals surface area (Å²) in [5, 5.41) is 4.04. The molecular formula is C13H16ClN. The summed E-state index contributed by atoms with van der Waals surface area (Å²) in [6, 6.07) is 0. The van der Waals surface area contributed by atoms with Crippen molar-refractivity contribution in [2.75, 3.05) is 13.1 Å². The minimum Gasteiger partial charge on any atom is -0.313 e. The van der Waals surface area contributed by atoms with Gasteiger partial charge < -0.3 is 5.32 Å². The van der Waals surface area contributed by atoms with Gasteiger partial charge in [0.2, 0.25) is 0 Å². The molecule has 0 spiro atoms. The lowest BCUT2D eigenvalue weighted by Crippen LogP contribution is -2.23. The van der Waals surface area contributed by atoms with Gasteiger partial charge >= 0.3 is 0 Å². The maximum Gasteiger partial charge on any atom is 0.0441 e. The van der Waals surface area contributed by atoms with Gasteiger partial charge in [-0.25, -0.2) is 0 Å². The average Bonchev–Trinajstić information content (AvgIpc) is 2.27. The van der Waals surface area contributed by atoms with Crippen molar-refractivity contribution >= 4 is 11.6 Å². The molecule has 1 aliphatic rings. The van der Waals surface area contributed by atoms with Crippen LogP contribution in [-0.2, 0) is 0 Å². The van der Waals surface area contributed by atoms with E-state index < -0.39 is 0 Å². The molecule has 0 atom stereocenters. The highest BCUT2D eigenvalue weighted by Crippen LogP contribution is 2.15. The van der Waals surface area contributed by atoms with Crippen molar-refractivity contribution in [1.29, 1.82) is 0 Å². The molecule has 0 saturated carbocycles. The zero-order valence-electron chi connectivity index (χ0n) is 9.02. The predicted octanol–water partition coefficient (Wildman–Crippen LogP) is 3.00. The third kappa shape index (κ3) is 4.38. The standard InChI is InChI=1S/C13H16ClN/c1-3-5-11(2)13(14)8-7-12-6-4-9-15-10-12/h1,5,7-8,15H,4,6,9-10H2,2H3/b11-5-,12-7-,13-8+. The van der Waals surface area contributed by atoms with Gasteiger partial charge in [0.1, 0.15) is 0 Å². The van der Waals surface area contributed by atoms with Crippen molar-refractivity contribution in [2.24, 2.45) is 0 Å². The van der Waals surface area contributed by atoms with Gasteiger partial charge in [0.25, 0.3) is 0 Å². The molecular weight excluding hydrogens is 206 g/mol. The smallest absolute Gasteiger partial charge is 0.0441 e. The topological polar surface area (TPSA) is 12.0 Å². The molecule has 1 heterocycles. The van der Waals surface area contributed by atoms with E-state index in [1.807, 2.05) is 13.0 Å². The summed E-state index contributed by atoms with van der Waals surface area (Å²) in [6.45, 7) is 4.00. The van der Waals surface area contributed by atoms with Crippen LogP contribution in [0.4, 0.5) is 0 Å². The van der Waals surface area contributed by atoms with E-state index in [2.05, 4.69) is 17.3 Å². The van der Waals surface area contributed by atoms with E-state index in [1.54, 1.807) is 6.08 Å². The lowest BCUT2D eigenvalue weighted by atomic mass is 10.1. The van der Waals surface area contributed by atoms with Crippen molar-refractivity contribution in [3.05, 3.63) is 34.4 Å². The van der Waals surface area contributed by atoms with Gasteiger partial charge in [0.05, 0.1) is 0 Å². The Morgan fingerprint density at radius 1 is 1.60 bits per heavy atom. The molecule has 0 radical (unpaired) electrons. The number of terminal acetylenes is 1. The summed E-state index contributed by atoms with van der Waals surface area (Å²) < 4.78 is 0. The summed E-state index contributed by atoms with van der Waals surface area (Å²) >= 11 is 6.06. The summed E-state index contributed by atoms with van der Waals surface area (Å²) in [7, 11) is 0. The van der Waals surface area contributed by atoms with Gasteiger partial charge in [-0.15, -0.1) is 6.42 Å². The summed E-state index contributed by atoms with van der Waals surface area (Å²) in [5.41, 5.74) is 2.33. The van der Waals surface area contributed by atoms with E-state index in [0.717, 1.165) is 25.1 Å². The lowest BCUT2D eigenvalue weighted by molar-refractivity contribution is 0.610.